The van der Waals surface area contributed by atoms with Crippen molar-refractivity contribution in [3.05, 3.63) is 35.5 Å². The number of hydrogen-bond donors (Lipinski definition) is 3. The maximum Gasteiger partial charge on any atom is 0.241 e. The predicted octanol–water partition coefficient (Wildman–Crippen LogP) is 0.451. The molecule has 0 amide bonds. The lowest BCUT2D eigenvalue weighted by atomic mass is 10.1. The SMILES string of the molecule is Cc1cc(NN)cc(C)c1S(=O)(=O)NCc1ncon1. The van der Waals surface area contributed by atoms with Crippen molar-refractivity contribution in [2.24, 2.45) is 5.84 Å². The van der Waals surface area contributed by atoms with Gasteiger partial charge in [0.25, 0.3) is 0 Å². The van der Waals surface area contributed by atoms with Gasteiger partial charge in [-0.2, -0.15) is 4.98 Å². The number of nitrogens with zero attached hydrogens (tertiary/aromatic N) is 2. The van der Waals surface area contributed by atoms with E-state index in [0.29, 0.717) is 16.8 Å². The zero-order valence-electron chi connectivity index (χ0n) is 11.0. The van der Waals surface area contributed by atoms with Crippen LogP contribution in [0.3, 0.4) is 0 Å². The van der Waals surface area contributed by atoms with Gasteiger partial charge in [-0.05, 0) is 37.1 Å². The van der Waals surface area contributed by atoms with Crippen LogP contribution in [0.4, 0.5) is 5.69 Å². The lowest BCUT2D eigenvalue weighted by Gasteiger charge is -2.13. The van der Waals surface area contributed by atoms with E-state index in [1.54, 1.807) is 26.0 Å². The summed E-state index contributed by atoms with van der Waals surface area (Å²) in [6.07, 6.45) is 1.14. The van der Waals surface area contributed by atoms with Crippen LogP contribution in [0.1, 0.15) is 17.0 Å². The van der Waals surface area contributed by atoms with Crippen LogP contribution >= 0.6 is 0 Å². The van der Waals surface area contributed by atoms with Crippen molar-refractivity contribution in [3.63, 3.8) is 0 Å². The monoisotopic (exact) mass is 297 g/mol. The largest absolute Gasteiger partial charge is 0.343 e. The molecule has 1 aromatic carbocycles. The molecular formula is C11H15N5O3S. The molecule has 1 heterocycles. The third-order valence-corrected chi connectivity index (χ3v) is 4.43. The standard InChI is InChI=1S/C11H15N5O3S/c1-7-3-9(15-12)4-8(2)11(7)20(17,18)14-5-10-13-6-19-16-10/h3-4,6,14-15H,5,12H2,1-2H3. The normalized spacial score (nSPS) is 11.6. The Morgan fingerprint density at radius 1 is 1.30 bits per heavy atom. The van der Waals surface area contributed by atoms with E-state index in [1.165, 1.54) is 0 Å². The number of anilines is 1. The number of nitrogen functional groups attached to an aromatic ring is 1. The predicted molar refractivity (Wildman–Crippen MR) is 72.0 cm³/mol. The number of benzene rings is 1. The summed E-state index contributed by atoms with van der Waals surface area (Å²) in [6, 6.07) is 3.33. The highest BCUT2D eigenvalue weighted by atomic mass is 32.2. The molecule has 108 valence electrons. The van der Waals surface area contributed by atoms with Crippen LogP contribution in [-0.4, -0.2) is 18.6 Å². The van der Waals surface area contributed by atoms with E-state index in [0.717, 1.165) is 6.39 Å². The fourth-order valence-corrected chi connectivity index (χ4v) is 3.39. The Morgan fingerprint density at radius 3 is 2.45 bits per heavy atom. The molecule has 0 atom stereocenters. The van der Waals surface area contributed by atoms with Crippen LogP contribution in [0.25, 0.3) is 0 Å². The van der Waals surface area contributed by atoms with Gasteiger partial charge in [0, 0.05) is 5.69 Å². The van der Waals surface area contributed by atoms with Gasteiger partial charge in [0.15, 0.2) is 5.82 Å². The number of nitrogens with one attached hydrogen (secondary N) is 2. The quantitative estimate of drug-likeness (QED) is 0.540. The molecule has 0 saturated heterocycles. The summed E-state index contributed by atoms with van der Waals surface area (Å²) in [7, 11) is -3.66. The highest BCUT2D eigenvalue weighted by molar-refractivity contribution is 7.89. The van der Waals surface area contributed by atoms with Crippen molar-refractivity contribution >= 4 is 15.7 Å². The Kier molecular flexibility index (Phi) is 4.02. The molecule has 0 aliphatic heterocycles. The first-order chi connectivity index (χ1) is 9.44. The van der Waals surface area contributed by atoms with E-state index >= 15 is 0 Å². The maximum absolute atomic E-state index is 12.3. The number of hydrogen-bond acceptors (Lipinski definition) is 7. The van der Waals surface area contributed by atoms with Gasteiger partial charge in [0.2, 0.25) is 16.4 Å². The Balaban J connectivity index is 2.29. The first-order valence-electron chi connectivity index (χ1n) is 5.77. The minimum atomic E-state index is -3.66. The molecule has 8 nitrogen and oxygen atoms in total. The maximum atomic E-state index is 12.3. The van der Waals surface area contributed by atoms with E-state index < -0.39 is 10.0 Å². The van der Waals surface area contributed by atoms with Crippen LogP contribution in [0.15, 0.2) is 27.9 Å². The minimum Gasteiger partial charge on any atom is -0.343 e. The van der Waals surface area contributed by atoms with Crippen molar-refractivity contribution in [3.8, 4) is 0 Å². The average Bonchev–Trinajstić information content (AvgIpc) is 2.88. The Hall–Kier alpha value is -1.97. The van der Waals surface area contributed by atoms with Crippen molar-refractivity contribution in [1.29, 1.82) is 0 Å². The van der Waals surface area contributed by atoms with Crippen LogP contribution < -0.4 is 16.0 Å². The zero-order valence-corrected chi connectivity index (χ0v) is 11.9. The van der Waals surface area contributed by atoms with Gasteiger partial charge >= 0.3 is 0 Å². The van der Waals surface area contributed by atoms with Gasteiger partial charge in [-0.15, -0.1) is 0 Å². The van der Waals surface area contributed by atoms with Crippen molar-refractivity contribution in [1.82, 2.24) is 14.9 Å². The second kappa shape index (κ2) is 5.57. The molecule has 0 saturated carbocycles. The molecule has 4 N–H and O–H groups in total. The molecule has 9 heteroatoms. The smallest absolute Gasteiger partial charge is 0.241 e. The number of aryl methyl sites for hydroxylation is 2. The lowest BCUT2D eigenvalue weighted by molar-refractivity contribution is 0.409. The summed E-state index contributed by atoms with van der Waals surface area (Å²) in [5, 5.41) is 3.55. The summed E-state index contributed by atoms with van der Waals surface area (Å²) >= 11 is 0. The molecule has 0 spiro atoms. The number of aromatic nitrogens is 2. The van der Waals surface area contributed by atoms with Crippen molar-refractivity contribution < 1.29 is 12.9 Å². The zero-order chi connectivity index (χ0) is 14.8. The second-order valence-electron chi connectivity index (χ2n) is 4.26. The van der Waals surface area contributed by atoms with Crippen molar-refractivity contribution in [2.75, 3.05) is 5.43 Å². The first-order valence-corrected chi connectivity index (χ1v) is 7.25. The molecule has 2 aromatic rings. The summed E-state index contributed by atoms with van der Waals surface area (Å²) in [5.74, 6) is 5.60. The molecule has 2 rings (SSSR count). The van der Waals surface area contributed by atoms with Crippen molar-refractivity contribution in [2.45, 2.75) is 25.3 Å². The molecule has 0 unspecified atom stereocenters. The Labute approximate surface area is 116 Å². The van der Waals surface area contributed by atoms with E-state index in [2.05, 4.69) is 24.8 Å². The highest BCUT2D eigenvalue weighted by Crippen LogP contribution is 2.24. The molecule has 1 aromatic heterocycles. The van der Waals surface area contributed by atoms with Gasteiger partial charge in [0.1, 0.15) is 0 Å². The lowest BCUT2D eigenvalue weighted by Crippen LogP contribution is -2.25. The van der Waals surface area contributed by atoms with E-state index in [-0.39, 0.29) is 17.3 Å². The van der Waals surface area contributed by atoms with Crippen LogP contribution in [0, 0.1) is 13.8 Å². The third-order valence-electron chi connectivity index (χ3n) is 2.72. The number of nitrogens with two attached hydrogens (primary N) is 1. The van der Waals surface area contributed by atoms with Crippen LogP contribution in [-0.2, 0) is 16.6 Å². The second-order valence-corrected chi connectivity index (χ2v) is 5.96. The van der Waals surface area contributed by atoms with E-state index in [4.69, 9.17) is 5.84 Å². The van der Waals surface area contributed by atoms with Gasteiger partial charge in [-0.1, -0.05) is 5.16 Å². The molecular weight excluding hydrogens is 282 g/mol. The van der Waals surface area contributed by atoms with Gasteiger partial charge in [0.05, 0.1) is 11.4 Å². The van der Waals surface area contributed by atoms with Crippen LogP contribution in [0.2, 0.25) is 0 Å². The molecule has 0 radical (unpaired) electrons. The van der Waals surface area contributed by atoms with E-state index in [1.807, 2.05) is 0 Å². The average molecular weight is 297 g/mol. The highest BCUT2D eigenvalue weighted by Gasteiger charge is 2.20. The summed E-state index contributed by atoms with van der Waals surface area (Å²) in [5.41, 5.74) is 4.34. The van der Waals surface area contributed by atoms with Gasteiger partial charge < -0.3 is 9.95 Å². The number of rotatable bonds is 5. The molecule has 0 aliphatic carbocycles. The topological polar surface area (TPSA) is 123 Å². The fourth-order valence-electron chi connectivity index (χ4n) is 1.96. The third kappa shape index (κ3) is 2.95. The Bertz CT molecular complexity index is 674. The minimum absolute atomic E-state index is 0.0331. The first kappa shape index (κ1) is 14.4. The number of sulfonamides is 1. The molecule has 20 heavy (non-hydrogen) atoms. The summed E-state index contributed by atoms with van der Waals surface area (Å²) in [4.78, 5) is 3.98. The summed E-state index contributed by atoms with van der Waals surface area (Å²) < 4.78 is 31.6. The summed E-state index contributed by atoms with van der Waals surface area (Å²) in [6.45, 7) is 3.38. The van der Waals surface area contributed by atoms with Crippen LogP contribution in [0.5, 0.6) is 0 Å². The number of hydrazine groups is 1. The fraction of sp³-hybridized carbons (Fsp3) is 0.273. The molecule has 0 aliphatic rings. The van der Waals surface area contributed by atoms with E-state index in [9.17, 15) is 8.42 Å². The van der Waals surface area contributed by atoms with Gasteiger partial charge in [-0.25, -0.2) is 13.1 Å². The molecule has 0 bridgehead atoms. The van der Waals surface area contributed by atoms with Gasteiger partial charge in [-0.3, -0.25) is 5.84 Å². The molecule has 0 fully saturated rings. The Morgan fingerprint density at radius 2 is 1.95 bits per heavy atom.